The van der Waals surface area contributed by atoms with Gasteiger partial charge < -0.3 is 16.2 Å². The van der Waals surface area contributed by atoms with E-state index >= 15 is 0 Å². The number of hydrogen-bond donors (Lipinski definition) is 2. The predicted octanol–water partition coefficient (Wildman–Crippen LogP) is 3.40. The van der Waals surface area contributed by atoms with Crippen LogP contribution in [0.15, 0.2) is 30.9 Å². The second-order valence-corrected chi connectivity index (χ2v) is 5.64. The summed E-state index contributed by atoms with van der Waals surface area (Å²) in [4.78, 5) is 4.79. The number of aromatic nitrogens is 1. The number of fused-ring (bicyclic) bond motifs is 1. The van der Waals surface area contributed by atoms with Crippen LogP contribution in [0.25, 0.3) is 10.9 Å². The number of pyridine rings is 1. The van der Waals surface area contributed by atoms with E-state index in [1.807, 2.05) is 18.2 Å². The number of anilines is 1. The number of ether oxygens (including phenoxy) is 1. The molecular formula is C18H25N3O. The highest BCUT2D eigenvalue weighted by molar-refractivity contribution is 5.91. The van der Waals surface area contributed by atoms with Gasteiger partial charge in [-0.3, -0.25) is 4.98 Å². The second-order valence-electron chi connectivity index (χ2n) is 5.64. The number of rotatable bonds is 7. The summed E-state index contributed by atoms with van der Waals surface area (Å²) in [6.07, 6.45) is 4.68. The van der Waals surface area contributed by atoms with Crippen molar-refractivity contribution in [2.45, 2.75) is 32.1 Å². The zero-order valence-corrected chi connectivity index (χ0v) is 13.4. The molecule has 1 unspecified atom stereocenters. The third kappa shape index (κ3) is 3.39. The van der Waals surface area contributed by atoms with Gasteiger partial charge >= 0.3 is 0 Å². The highest BCUT2D eigenvalue weighted by Crippen LogP contribution is 2.31. The Bertz CT molecular complexity index is 667. The summed E-state index contributed by atoms with van der Waals surface area (Å²) < 4.78 is 5.31. The summed E-state index contributed by atoms with van der Waals surface area (Å²) in [6.45, 7) is 6.77. The summed E-state index contributed by atoms with van der Waals surface area (Å²) >= 11 is 0. The average Bonchev–Trinajstić information content (AvgIpc) is 2.52. The van der Waals surface area contributed by atoms with Gasteiger partial charge in [-0.1, -0.05) is 13.0 Å². The van der Waals surface area contributed by atoms with Crippen molar-refractivity contribution in [3.05, 3.63) is 42.1 Å². The lowest BCUT2D eigenvalue weighted by Gasteiger charge is -2.17. The first kappa shape index (κ1) is 16.3. The number of nitrogens with zero attached hydrogens (tertiary/aromatic N) is 1. The van der Waals surface area contributed by atoms with Crippen LogP contribution in [0.5, 0.6) is 5.75 Å². The lowest BCUT2D eigenvalue weighted by molar-refractivity contribution is 0.415. The Morgan fingerprint density at radius 1 is 1.36 bits per heavy atom. The fourth-order valence-corrected chi connectivity index (χ4v) is 2.77. The molecule has 4 nitrogen and oxygen atoms in total. The smallest absolute Gasteiger partial charge is 0.121 e. The quantitative estimate of drug-likeness (QED) is 0.607. The predicted molar refractivity (Wildman–Crippen MR) is 93.3 cm³/mol. The normalized spacial score (nSPS) is 12.3. The number of benzene rings is 1. The molecule has 0 aliphatic carbocycles. The maximum Gasteiger partial charge on any atom is 0.121 e. The maximum absolute atomic E-state index is 6.12. The maximum atomic E-state index is 6.12. The van der Waals surface area contributed by atoms with Crippen molar-refractivity contribution < 1.29 is 4.74 Å². The van der Waals surface area contributed by atoms with Gasteiger partial charge in [0.2, 0.25) is 0 Å². The zero-order chi connectivity index (χ0) is 16.1. The Hall–Kier alpha value is -2.07. The molecule has 118 valence electrons. The van der Waals surface area contributed by atoms with Crippen LogP contribution >= 0.6 is 0 Å². The molecule has 2 rings (SSSR count). The van der Waals surface area contributed by atoms with Gasteiger partial charge in [0, 0.05) is 23.6 Å². The minimum Gasteiger partial charge on any atom is -0.497 e. The van der Waals surface area contributed by atoms with Gasteiger partial charge in [-0.05, 0) is 43.0 Å². The summed E-state index contributed by atoms with van der Waals surface area (Å²) in [5.74, 6) is 1.16. The molecule has 0 radical (unpaired) electrons. The SMILES string of the molecule is C=CCc1nc2c(N)cc(OC)cc2cc1C(C)CCCN. The highest BCUT2D eigenvalue weighted by Gasteiger charge is 2.14. The monoisotopic (exact) mass is 299 g/mol. The van der Waals surface area contributed by atoms with E-state index in [4.69, 9.17) is 21.2 Å². The summed E-state index contributed by atoms with van der Waals surface area (Å²) in [5.41, 5.74) is 15.5. The first-order valence-electron chi connectivity index (χ1n) is 7.68. The van der Waals surface area contributed by atoms with Gasteiger partial charge in [0.15, 0.2) is 0 Å². The molecular weight excluding hydrogens is 274 g/mol. The van der Waals surface area contributed by atoms with Crippen molar-refractivity contribution >= 4 is 16.6 Å². The molecule has 0 aliphatic heterocycles. The van der Waals surface area contributed by atoms with Gasteiger partial charge in [0.1, 0.15) is 5.75 Å². The van der Waals surface area contributed by atoms with Crippen LogP contribution in [0.2, 0.25) is 0 Å². The molecule has 0 aliphatic rings. The van der Waals surface area contributed by atoms with E-state index in [0.29, 0.717) is 18.2 Å². The van der Waals surface area contributed by atoms with Crippen molar-refractivity contribution in [2.24, 2.45) is 5.73 Å². The minimum absolute atomic E-state index is 0.405. The Morgan fingerprint density at radius 2 is 2.14 bits per heavy atom. The molecule has 0 saturated heterocycles. The van der Waals surface area contributed by atoms with Gasteiger partial charge in [-0.15, -0.1) is 6.58 Å². The summed E-state index contributed by atoms with van der Waals surface area (Å²) in [7, 11) is 1.64. The number of nitrogens with two attached hydrogens (primary N) is 2. The van der Waals surface area contributed by atoms with Crippen LogP contribution in [-0.4, -0.2) is 18.6 Å². The van der Waals surface area contributed by atoms with Crippen LogP contribution in [-0.2, 0) is 6.42 Å². The van der Waals surface area contributed by atoms with E-state index in [1.165, 1.54) is 5.56 Å². The van der Waals surface area contributed by atoms with Crippen LogP contribution < -0.4 is 16.2 Å². The first-order chi connectivity index (χ1) is 10.6. The zero-order valence-electron chi connectivity index (χ0n) is 13.4. The number of methoxy groups -OCH3 is 1. The van der Waals surface area contributed by atoms with Crippen molar-refractivity contribution in [3.63, 3.8) is 0 Å². The third-order valence-electron chi connectivity index (χ3n) is 3.98. The van der Waals surface area contributed by atoms with Gasteiger partial charge in [-0.25, -0.2) is 0 Å². The molecule has 0 saturated carbocycles. The molecule has 1 atom stereocenters. The molecule has 0 amide bonds. The molecule has 4 heteroatoms. The lowest BCUT2D eigenvalue weighted by Crippen LogP contribution is -2.06. The van der Waals surface area contributed by atoms with Crippen molar-refractivity contribution in [1.29, 1.82) is 0 Å². The van der Waals surface area contributed by atoms with Gasteiger partial charge in [0.05, 0.1) is 18.3 Å². The van der Waals surface area contributed by atoms with Crippen molar-refractivity contribution in [2.75, 3.05) is 19.4 Å². The van der Waals surface area contributed by atoms with Gasteiger partial charge in [0.25, 0.3) is 0 Å². The van der Waals surface area contributed by atoms with Crippen LogP contribution in [0.1, 0.15) is 36.9 Å². The molecule has 0 bridgehead atoms. The Kier molecular flexibility index (Phi) is 5.39. The molecule has 1 aromatic carbocycles. The molecule has 0 spiro atoms. The molecule has 0 fully saturated rings. The van der Waals surface area contributed by atoms with E-state index in [1.54, 1.807) is 7.11 Å². The Morgan fingerprint density at radius 3 is 2.77 bits per heavy atom. The second kappa shape index (κ2) is 7.27. The topological polar surface area (TPSA) is 74.2 Å². The fraction of sp³-hybridized carbons (Fsp3) is 0.389. The fourth-order valence-electron chi connectivity index (χ4n) is 2.77. The number of nitrogen functional groups attached to an aromatic ring is 1. The van der Waals surface area contributed by atoms with Crippen molar-refractivity contribution in [1.82, 2.24) is 4.98 Å². The van der Waals surface area contributed by atoms with E-state index in [2.05, 4.69) is 19.6 Å². The standard InChI is InChI=1S/C18H25N3O/c1-4-6-17-15(12(2)7-5-8-19)10-13-9-14(22-3)11-16(20)18(13)21-17/h4,9-12H,1,5-8,19-20H2,2-3H3. The van der Waals surface area contributed by atoms with Crippen LogP contribution in [0, 0.1) is 0 Å². The first-order valence-corrected chi connectivity index (χ1v) is 7.68. The molecule has 2 aromatic rings. The number of allylic oxidation sites excluding steroid dienone is 1. The molecule has 1 heterocycles. The van der Waals surface area contributed by atoms with E-state index in [-0.39, 0.29) is 0 Å². The lowest BCUT2D eigenvalue weighted by atomic mass is 9.92. The minimum atomic E-state index is 0.405. The van der Waals surface area contributed by atoms with E-state index in [9.17, 15) is 0 Å². The summed E-state index contributed by atoms with van der Waals surface area (Å²) in [6, 6.07) is 5.97. The Labute approximate surface area is 132 Å². The molecule has 4 N–H and O–H groups in total. The summed E-state index contributed by atoms with van der Waals surface area (Å²) in [5, 5.41) is 1.01. The number of hydrogen-bond acceptors (Lipinski definition) is 4. The van der Waals surface area contributed by atoms with Gasteiger partial charge in [-0.2, -0.15) is 0 Å². The highest BCUT2D eigenvalue weighted by atomic mass is 16.5. The Balaban J connectivity index is 2.56. The molecule has 1 aromatic heterocycles. The van der Waals surface area contributed by atoms with Crippen LogP contribution in [0.4, 0.5) is 5.69 Å². The van der Waals surface area contributed by atoms with Crippen LogP contribution in [0.3, 0.4) is 0 Å². The van der Waals surface area contributed by atoms with E-state index < -0.39 is 0 Å². The largest absolute Gasteiger partial charge is 0.497 e. The third-order valence-corrected chi connectivity index (χ3v) is 3.98. The van der Waals surface area contributed by atoms with E-state index in [0.717, 1.165) is 41.6 Å². The van der Waals surface area contributed by atoms with Crippen molar-refractivity contribution in [3.8, 4) is 5.75 Å². The molecule has 22 heavy (non-hydrogen) atoms. The average molecular weight is 299 g/mol.